The maximum atomic E-state index is 13.3. The summed E-state index contributed by atoms with van der Waals surface area (Å²) in [6.07, 6.45) is 1.20. The third-order valence-corrected chi connectivity index (χ3v) is 5.22. The lowest BCUT2D eigenvalue weighted by Gasteiger charge is -2.26. The zero-order valence-electron chi connectivity index (χ0n) is 11.2. The van der Waals surface area contributed by atoms with Crippen LogP contribution in [0.25, 0.3) is 0 Å². The average molecular weight is 327 g/mol. The Bertz CT molecular complexity index is 465. The highest BCUT2D eigenvalue weighted by atomic mass is 79.9. The van der Waals surface area contributed by atoms with Gasteiger partial charge in [-0.2, -0.15) is 0 Å². The summed E-state index contributed by atoms with van der Waals surface area (Å²) in [6.45, 7) is 6.70. The van der Waals surface area contributed by atoms with E-state index in [4.69, 9.17) is 0 Å². The minimum atomic E-state index is -0.182. The fraction of sp³-hybridized carbons (Fsp3) is 0.600. The van der Waals surface area contributed by atoms with Crippen molar-refractivity contribution < 1.29 is 4.39 Å². The molecule has 0 spiro atoms. The second-order valence-corrected chi connectivity index (χ2v) is 6.59. The van der Waals surface area contributed by atoms with Crippen LogP contribution in [0.15, 0.2) is 22.7 Å². The highest BCUT2D eigenvalue weighted by molar-refractivity contribution is 9.10. The molecular weight excluding hydrogens is 307 g/mol. The molecule has 0 saturated carbocycles. The number of halogens is 2. The average Bonchev–Trinajstić information content (AvgIpc) is 2.94. The lowest BCUT2D eigenvalue weighted by molar-refractivity contribution is 0.210. The Morgan fingerprint density at radius 1 is 1.42 bits per heavy atom. The molecule has 2 aliphatic rings. The van der Waals surface area contributed by atoms with Gasteiger partial charge in [0.05, 0.1) is 4.47 Å². The standard InChI is InChI=1S/C15H20BrFN2/c1-2-15-12-7-18-6-11(12)9-19(15)8-10-3-4-14(17)13(16)5-10/h3-5,11-12,15,18H,2,6-9H2,1H3. The van der Waals surface area contributed by atoms with Crippen LogP contribution < -0.4 is 5.32 Å². The first-order valence-corrected chi connectivity index (χ1v) is 7.87. The van der Waals surface area contributed by atoms with Gasteiger partial charge in [0.15, 0.2) is 0 Å². The SMILES string of the molecule is CCC1C2CNCC2CN1Cc1ccc(F)c(Br)c1. The first-order valence-electron chi connectivity index (χ1n) is 7.07. The molecule has 0 radical (unpaired) electrons. The lowest BCUT2D eigenvalue weighted by Crippen LogP contribution is -2.34. The molecule has 2 saturated heterocycles. The van der Waals surface area contributed by atoms with E-state index in [0.717, 1.165) is 31.5 Å². The van der Waals surface area contributed by atoms with E-state index in [2.05, 4.69) is 33.1 Å². The molecule has 0 amide bonds. The van der Waals surface area contributed by atoms with Crippen LogP contribution in [0.4, 0.5) is 4.39 Å². The Morgan fingerprint density at radius 2 is 2.26 bits per heavy atom. The molecule has 0 aromatic heterocycles. The van der Waals surface area contributed by atoms with Gasteiger partial charge in [-0.05, 0) is 65.0 Å². The largest absolute Gasteiger partial charge is 0.316 e. The highest BCUT2D eigenvalue weighted by Gasteiger charge is 2.42. The third-order valence-electron chi connectivity index (χ3n) is 4.61. The van der Waals surface area contributed by atoms with Crippen molar-refractivity contribution >= 4 is 15.9 Å². The van der Waals surface area contributed by atoms with Crippen LogP contribution in [-0.4, -0.2) is 30.6 Å². The van der Waals surface area contributed by atoms with Crippen molar-refractivity contribution in [3.8, 4) is 0 Å². The molecule has 1 aromatic carbocycles. The first-order chi connectivity index (χ1) is 9.19. The van der Waals surface area contributed by atoms with Crippen molar-refractivity contribution in [1.82, 2.24) is 10.2 Å². The Kier molecular flexibility index (Phi) is 3.92. The Balaban J connectivity index is 1.74. The fourth-order valence-electron chi connectivity index (χ4n) is 3.73. The number of likely N-dealkylation sites (tertiary alicyclic amines) is 1. The van der Waals surface area contributed by atoms with Crippen LogP contribution in [0.1, 0.15) is 18.9 Å². The van der Waals surface area contributed by atoms with E-state index in [9.17, 15) is 4.39 Å². The van der Waals surface area contributed by atoms with Gasteiger partial charge in [-0.1, -0.05) is 13.0 Å². The molecule has 1 aromatic rings. The summed E-state index contributed by atoms with van der Waals surface area (Å²) < 4.78 is 13.8. The monoisotopic (exact) mass is 326 g/mol. The summed E-state index contributed by atoms with van der Waals surface area (Å²) in [5.74, 6) is 1.42. The van der Waals surface area contributed by atoms with Crippen molar-refractivity contribution in [2.75, 3.05) is 19.6 Å². The minimum Gasteiger partial charge on any atom is -0.316 e. The predicted octanol–water partition coefficient (Wildman–Crippen LogP) is 3.02. The molecule has 2 fully saturated rings. The summed E-state index contributed by atoms with van der Waals surface area (Å²) in [4.78, 5) is 2.58. The van der Waals surface area contributed by atoms with E-state index < -0.39 is 0 Å². The van der Waals surface area contributed by atoms with Gasteiger partial charge in [0.2, 0.25) is 0 Å². The van der Waals surface area contributed by atoms with E-state index in [1.807, 2.05) is 12.1 Å². The predicted molar refractivity (Wildman–Crippen MR) is 78.4 cm³/mol. The second kappa shape index (κ2) is 5.51. The molecule has 2 heterocycles. The fourth-order valence-corrected chi connectivity index (χ4v) is 4.15. The number of hydrogen-bond donors (Lipinski definition) is 1. The number of rotatable bonds is 3. The third kappa shape index (κ3) is 2.58. The molecule has 3 atom stereocenters. The maximum Gasteiger partial charge on any atom is 0.137 e. The topological polar surface area (TPSA) is 15.3 Å². The molecule has 2 nitrogen and oxygen atoms in total. The summed E-state index contributed by atoms with van der Waals surface area (Å²) in [5, 5.41) is 3.51. The normalized spacial score (nSPS) is 30.8. The minimum absolute atomic E-state index is 0.182. The van der Waals surface area contributed by atoms with E-state index in [1.165, 1.54) is 18.5 Å². The molecule has 0 aliphatic carbocycles. The van der Waals surface area contributed by atoms with Crippen LogP contribution in [0.2, 0.25) is 0 Å². The number of benzene rings is 1. The number of nitrogens with one attached hydrogen (secondary N) is 1. The smallest absolute Gasteiger partial charge is 0.137 e. The zero-order chi connectivity index (χ0) is 13.4. The molecule has 4 heteroatoms. The van der Waals surface area contributed by atoms with Gasteiger partial charge in [-0.3, -0.25) is 4.90 Å². The van der Waals surface area contributed by atoms with E-state index in [1.54, 1.807) is 6.07 Å². The zero-order valence-corrected chi connectivity index (χ0v) is 12.8. The summed E-state index contributed by atoms with van der Waals surface area (Å²) >= 11 is 3.27. The van der Waals surface area contributed by atoms with E-state index >= 15 is 0 Å². The van der Waals surface area contributed by atoms with Crippen LogP contribution in [0.3, 0.4) is 0 Å². The second-order valence-electron chi connectivity index (χ2n) is 5.74. The summed E-state index contributed by atoms with van der Waals surface area (Å²) in [6, 6.07) is 6.04. The lowest BCUT2D eigenvalue weighted by atomic mass is 9.93. The molecule has 1 N–H and O–H groups in total. The van der Waals surface area contributed by atoms with Gasteiger partial charge in [-0.25, -0.2) is 4.39 Å². The molecule has 3 unspecified atom stereocenters. The summed E-state index contributed by atoms with van der Waals surface area (Å²) in [5.41, 5.74) is 1.19. The van der Waals surface area contributed by atoms with Crippen LogP contribution >= 0.6 is 15.9 Å². The Morgan fingerprint density at radius 3 is 3.00 bits per heavy atom. The van der Waals surface area contributed by atoms with Crippen molar-refractivity contribution in [2.24, 2.45) is 11.8 Å². The van der Waals surface area contributed by atoms with Crippen molar-refractivity contribution in [2.45, 2.75) is 25.9 Å². The molecule has 104 valence electrons. The van der Waals surface area contributed by atoms with E-state index in [0.29, 0.717) is 10.5 Å². The van der Waals surface area contributed by atoms with Gasteiger partial charge in [0, 0.05) is 19.1 Å². The van der Waals surface area contributed by atoms with Crippen molar-refractivity contribution in [3.05, 3.63) is 34.1 Å². The number of hydrogen-bond acceptors (Lipinski definition) is 2. The van der Waals surface area contributed by atoms with Crippen LogP contribution in [0.5, 0.6) is 0 Å². The molecule has 2 aliphatic heterocycles. The first kappa shape index (κ1) is 13.5. The van der Waals surface area contributed by atoms with E-state index in [-0.39, 0.29) is 5.82 Å². The van der Waals surface area contributed by atoms with Gasteiger partial charge >= 0.3 is 0 Å². The maximum absolute atomic E-state index is 13.3. The van der Waals surface area contributed by atoms with Gasteiger partial charge in [0.25, 0.3) is 0 Å². The van der Waals surface area contributed by atoms with Gasteiger partial charge in [-0.15, -0.1) is 0 Å². The number of nitrogens with zero attached hydrogens (tertiary/aromatic N) is 1. The summed E-state index contributed by atoms with van der Waals surface area (Å²) in [7, 11) is 0. The highest BCUT2D eigenvalue weighted by Crippen LogP contribution is 2.35. The van der Waals surface area contributed by atoms with Gasteiger partial charge in [0.1, 0.15) is 5.82 Å². The quantitative estimate of drug-likeness (QED) is 0.918. The Labute approximate surface area is 122 Å². The Hall–Kier alpha value is -0.450. The van der Waals surface area contributed by atoms with Crippen molar-refractivity contribution in [3.63, 3.8) is 0 Å². The van der Waals surface area contributed by atoms with Crippen LogP contribution in [0, 0.1) is 17.7 Å². The van der Waals surface area contributed by atoms with Crippen LogP contribution in [-0.2, 0) is 6.54 Å². The molecule has 19 heavy (non-hydrogen) atoms. The van der Waals surface area contributed by atoms with Crippen molar-refractivity contribution in [1.29, 1.82) is 0 Å². The molecule has 3 rings (SSSR count). The molecular formula is C15H20BrFN2. The molecule has 0 bridgehead atoms. The van der Waals surface area contributed by atoms with Gasteiger partial charge < -0.3 is 5.32 Å². The number of fused-ring (bicyclic) bond motifs is 1.